The van der Waals surface area contributed by atoms with Gasteiger partial charge in [0.25, 0.3) is 0 Å². The van der Waals surface area contributed by atoms with Gasteiger partial charge < -0.3 is 0 Å². The van der Waals surface area contributed by atoms with Gasteiger partial charge in [0.1, 0.15) is 5.54 Å². The molecule has 78 valence electrons. The fourth-order valence-electron chi connectivity index (χ4n) is 2.57. The topological polar surface area (TPSA) is 30.3 Å². The summed E-state index contributed by atoms with van der Waals surface area (Å²) in [6.45, 7) is 8.61. The molecule has 3 heteroatoms. The van der Waals surface area contributed by atoms with Crippen molar-refractivity contribution in [3.8, 4) is 6.07 Å². The number of rotatable bonds is 1. The second kappa shape index (κ2) is 3.52. The van der Waals surface area contributed by atoms with Gasteiger partial charge >= 0.3 is 0 Å². The smallest absolute Gasteiger partial charge is 0.103 e. The quantitative estimate of drug-likeness (QED) is 0.624. The van der Waals surface area contributed by atoms with Crippen LogP contribution >= 0.6 is 0 Å². The van der Waals surface area contributed by atoms with Crippen molar-refractivity contribution in [3.05, 3.63) is 0 Å². The summed E-state index contributed by atoms with van der Waals surface area (Å²) in [5.74, 6) is 0. The molecule has 0 radical (unpaired) electrons. The van der Waals surface area contributed by atoms with E-state index < -0.39 is 0 Å². The molecule has 2 aliphatic rings. The second-order valence-corrected chi connectivity index (χ2v) is 4.95. The number of fused-ring (bicyclic) bond motifs is 1. The Morgan fingerprint density at radius 3 is 2.79 bits per heavy atom. The molecule has 0 saturated carbocycles. The predicted octanol–water partition coefficient (Wildman–Crippen LogP) is 1.07. The molecule has 3 nitrogen and oxygen atoms in total. The zero-order valence-electron chi connectivity index (χ0n) is 9.16. The van der Waals surface area contributed by atoms with Crippen molar-refractivity contribution in [2.45, 2.75) is 38.3 Å². The summed E-state index contributed by atoms with van der Waals surface area (Å²) in [4.78, 5) is 4.91. The van der Waals surface area contributed by atoms with E-state index in [-0.39, 0.29) is 5.54 Å². The van der Waals surface area contributed by atoms with Gasteiger partial charge in [-0.25, -0.2) is 0 Å². The standard InChI is InChI=1S/C11H19N3/c1-11(2,9-12)14-7-6-13-5-3-4-10(13)8-14/h10H,3-8H2,1-2H3. The summed E-state index contributed by atoms with van der Waals surface area (Å²) in [6.07, 6.45) is 2.66. The number of piperazine rings is 1. The summed E-state index contributed by atoms with van der Waals surface area (Å²) < 4.78 is 0. The van der Waals surface area contributed by atoms with Gasteiger partial charge in [0, 0.05) is 25.7 Å². The van der Waals surface area contributed by atoms with Crippen LogP contribution in [0.4, 0.5) is 0 Å². The minimum atomic E-state index is -0.283. The average molecular weight is 193 g/mol. The van der Waals surface area contributed by atoms with E-state index in [1.54, 1.807) is 0 Å². The van der Waals surface area contributed by atoms with Crippen molar-refractivity contribution in [2.24, 2.45) is 0 Å². The van der Waals surface area contributed by atoms with E-state index in [1.165, 1.54) is 19.4 Å². The minimum absolute atomic E-state index is 0.283. The Morgan fingerprint density at radius 1 is 1.29 bits per heavy atom. The van der Waals surface area contributed by atoms with E-state index in [9.17, 15) is 0 Å². The van der Waals surface area contributed by atoms with Crippen molar-refractivity contribution in [3.63, 3.8) is 0 Å². The van der Waals surface area contributed by atoms with E-state index in [1.807, 2.05) is 13.8 Å². The normalized spacial score (nSPS) is 29.9. The zero-order valence-corrected chi connectivity index (χ0v) is 9.16. The highest BCUT2D eigenvalue weighted by Crippen LogP contribution is 2.25. The minimum Gasteiger partial charge on any atom is -0.298 e. The highest BCUT2D eigenvalue weighted by atomic mass is 15.3. The molecule has 0 amide bonds. The molecule has 0 aromatic carbocycles. The van der Waals surface area contributed by atoms with Crippen molar-refractivity contribution >= 4 is 0 Å². The largest absolute Gasteiger partial charge is 0.298 e. The van der Waals surface area contributed by atoms with Crippen LogP contribution in [0.2, 0.25) is 0 Å². The van der Waals surface area contributed by atoms with Crippen LogP contribution in [0.15, 0.2) is 0 Å². The van der Waals surface area contributed by atoms with Gasteiger partial charge in [-0.2, -0.15) is 5.26 Å². The van der Waals surface area contributed by atoms with E-state index in [2.05, 4.69) is 15.9 Å². The first-order chi connectivity index (χ1) is 6.63. The van der Waals surface area contributed by atoms with E-state index >= 15 is 0 Å². The van der Waals surface area contributed by atoms with Gasteiger partial charge in [-0.15, -0.1) is 0 Å². The summed E-state index contributed by atoms with van der Waals surface area (Å²) >= 11 is 0. The lowest BCUT2D eigenvalue weighted by atomic mass is 10.0. The highest BCUT2D eigenvalue weighted by Gasteiger charge is 2.36. The Hall–Kier alpha value is -0.590. The molecular weight excluding hydrogens is 174 g/mol. The third-order valence-electron chi connectivity index (χ3n) is 3.65. The molecule has 0 bridgehead atoms. The van der Waals surface area contributed by atoms with Crippen molar-refractivity contribution in [1.29, 1.82) is 5.26 Å². The molecule has 0 N–H and O–H groups in total. The lowest BCUT2D eigenvalue weighted by Gasteiger charge is -2.42. The maximum absolute atomic E-state index is 9.08. The number of nitrogens with zero attached hydrogens (tertiary/aromatic N) is 3. The molecule has 1 atom stereocenters. The van der Waals surface area contributed by atoms with Crippen LogP contribution in [0.5, 0.6) is 0 Å². The molecule has 2 rings (SSSR count). The summed E-state index contributed by atoms with van der Waals surface area (Å²) in [5, 5.41) is 9.08. The van der Waals surface area contributed by atoms with Gasteiger partial charge in [0.2, 0.25) is 0 Å². The maximum Gasteiger partial charge on any atom is 0.103 e. The van der Waals surface area contributed by atoms with Crippen LogP contribution < -0.4 is 0 Å². The summed E-state index contributed by atoms with van der Waals surface area (Å²) in [5.41, 5.74) is -0.283. The summed E-state index contributed by atoms with van der Waals surface area (Å²) in [6, 6.07) is 3.12. The monoisotopic (exact) mass is 193 g/mol. The van der Waals surface area contributed by atoms with Crippen LogP contribution in [-0.4, -0.2) is 47.6 Å². The molecule has 0 spiro atoms. The van der Waals surface area contributed by atoms with Crippen molar-refractivity contribution in [1.82, 2.24) is 9.80 Å². The number of hydrogen-bond donors (Lipinski definition) is 0. The second-order valence-electron chi connectivity index (χ2n) is 4.95. The van der Waals surface area contributed by atoms with Gasteiger partial charge in [-0.1, -0.05) is 0 Å². The average Bonchev–Trinajstić information content (AvgIpc) is 2.64. The van der Waals surface area contributed by atoms with Crippen LogP contribution in [0, 0.1) is 11.3 Å². The van der Waals surface area contributed by atoms with Gasteiger partial charge in [-0.3, -0.25) is 9.80 Å². The van der Waals surface area contributed by atoms with Crippen LogP contribution in [-0.2, 0) is 0 Å². The molecule has 2 fully saturated rings. The third-order valence-corrected chi connectivity index (χ3v) is 3.65. The Morgan fingerprint density at radius 2 is 2.07 bits per heavy atom. The molecule has 0 aromatic rings. The van der Waals surface area contributed by atoms with Gasteiger partial charge in [0.15, 0.2) is 0 Å². The molecule has 0 aromatic heterocycles. The van der Waals surface area contributed by atoms with Gasteiger partial charge in [0.05, 0.1) is 6.07 Å². The summed E-state index contributed by atoms with van der Waals surface area (Å²) in [7, 11) is 0. The molecule has 14 heavy (non-hydrogen) atoms. The fourth-order valence-corrected chi connectivity index (χ4v) is 2.57. The molecule has 0 aliphatic carbocycles. The molecular formula is C11H19N3. The zero-order chi connectivity index (χ0) is 10.2. The molecule has 2 saturated heterocycles. The Labute approximate surface area is 86.3 Å². The van der Waals surface area contributed by atoms with Crippen LogP contribution in [0.3, 0.4) is 0 Å². The first-order valence-electron chi connectivity index (χ1n) is 5.54. The third kappa shape index (κ3) is 1.65. The number of nitriles is 1. The number of hydrogen-bond acceptors (Lipinski definition) is 3. The highest BCUT2D eigenvalue weighted by molar-refractivity contribution is 5.04. The van der Waals surface area contributed by atoms with E-state index in [0.717, 1.165) is 25.7 Å². The van der Waals surface area contributed by atoms with Crippen molar-refractivity contribution < 1.29 is 0 Å². The van der Waals surface area contributed by atoms with Crippen LogP contribution in [0.1, 0.15) is 26.7 Å². The first kappa shape index (κ1) is 9.95. The molecule has 2 aliphatic heterocycles. The SMILES string of the molecule is CC(C)(C#N)N1CCN2CCCC2C1. The van der Waals surface area contributed by atoms with Crippen LogP contribution in [0.25, 0.3) is 0 Å². The molecule has 1 unspecified atom stereocenters. The predicted molar refractivity (Wildman–Crippen MR) is 55.9 cm³/mol. The Balaban J connectivity index is 2.02. The Kier molecular flexibility index (Phi) is 2.50. The first-order valence-corrected chi connectivity index (χ1v) is 5.54. The fraction of sp³-hybridized carbons (Fsp3) is 0.909. The molecule has 2 heterocycles. The van der Waals surface area contributed by atoms with E-state index in [0.29, 0.717) is 0 Å². The lowest BCUT2D eigenvalue weighted by Crippen LogP contribution is -2.56. The van der Waals surface area contributed by atoms with Crippen molar-refractivity contribution in [2.75, 3.05) is 26.2 Å². The maximum atomic E-state index is 9.08. The Bertz CT molecular complexity index is 254. The lowest BCUT2D eigenvalue weighted by molar-refractivity contribution is 0.0572. The van der Waals surface area contributed by atoms with E-state index in [4.69, 9.17) is 5.26 Å². The van der Waals surface area contributed by atoms with Gasteiger partial charge in [-0.05, 0) is 33.2 Å².